The summed E-state index contributed by atoms with van der Waals surface area (Å²) in [6.45, 7) is 3.97. The van der Waals surface area contributed by atoms with E-state index in [9.17, 15) is 4.79 Å². The average molecular weight is 422 g/mol. The number of fused-ring (bicyclic) bond motifs is 1. The number of aryl methyl sites for hydroxylation is 2. The summed E-state index contributed by atoms with van der Waals surface area (Å²) in [6.07, 6.45) is 6.60. The molecule has 1 amide bonds. The summed E-state index contributed by atoms with van der Waals surface area (Å²) in [5.74, 6) is 1.77. The minimum atomic E-state index is -0.243. The normalized spacial score (nSPS) is 11.2. The molecule has 3 heterocycles. The van der Waals surface area contributed by atoms with E-state index in [0.717, 1.165) is 36.1 Å². The molecule has 0 bridgehead atoms. The standard InChI is InChI=1S/C22H23N5O2S/c1-4-5-8-18-25-15-10-9-14(12-16(15)26-18)24-21(28)19-13(2)23-20(27-22(19)30-3)17-7-6-11-29-17/h6-7,9-12H,4-5,8H2,1-3H3,(H,24,28)(H,25,26). The van der Waals surface area contributed by atoms with Gasteiger partial charge in [0, 0.05) is 12.1 Å². The number of hydrogen-bond acceptors (Lipinski definition) is 6. The molecule has 0 unspecified atom stereocenters. The van der Waals surface area contributed by atoms with Crippen molar-refractivity contribution in [2.24, 2.45) is 0 Å². The van der Waals surface area contributed by atoms with Crippen molar-refractivity contribution in [3.63, 3.8) is 0 Å². The molecule has 0 fully saturated rings. The highest BCUT2D eigenvalue weighted by atomic mass is 32.2. The fourth-order valence-electron chi connectivity index (χ4n) is 3.27. The van der Waals surface area contributed by atoms with Crippen LogP contribution < -0.4 is 5.32 Å². The van der Waals surface area contributed by atoms with Crippen LogP contribution in [0.2, 0.25) is 0 Å². The van der Waals surface area contributed by atoms with Crippen LogP contribution in [0.25, 0.3) is 22.6 Å². The number of benzene rings is 1. The van der Waals surface area contributed by atoms with Crippen molar-refractivity contribution in [1.82, 2.24) is 19.9 Å². The number of H-pyrrole nitrogens is 1. The zero-order valence-electron chi connectivity index (χ0n) is 17.2. The van der Waals surface area contributed by atoms with Gasteiger partial charge in [0.05, 0.1) is 28.6 Å². The lowest BCUT2D eigenvalue weighted by atomic mass is 10.2. The van der Waals surface area contributed by atoms with Crippen molar-refractivity contribution in [2.75, 3.05) is 11.6 Å². The van der Waals surface area contributed by atoms with Gasteiger partial charge in [0.25, 0.3) is 5.91 Å². The number of amides is 1. The van der Waals surface area contributed by atoms with Crippen LogP contribution in [0.1, 0.15) is 41.6 Å². The van der Waals surface area contributed by atoms with Crippen LogP contribution in [-0.2, 0) is 6.42 Å². The first-order valence-corrected chi connectivity index (χ1v) is 11.1. The summed E-state index contributed by atoms with van der Waals surface area (Å²) in [5.41, 5.74) is 3.56. The van der Waals surface area contributed by atoms with E-state index in [1.54, 1.807) is 25.3 Å². The Labute approximate surface area is 178 Å². The number of thioether (sulfide) groups is 1. The molecule has 0 spiro atoms. The summed E-state index contributed by atoms with van der Waals surface area (Å²) in [4.78, 5) is 30.0. The molecule has 0 aliphatic heterocycles. The third-order valence-electron chi connectivity index (χ3n) is 4.77. The fourth-order valence-corrected chi connectivity index (χ4v) is 3.89. The summed E-state index contributed by atoms with van der Waals surface area (Å²) in [7, 11) is 0. The number of anilines is 1. The smallest absolute Gasteiger partial charge is 0.260 e. The first-order chi connectivity index (χ1) is 14.6. The molecule has 0 radical (unpaired) electrons. The van der Waals surface area contributed by atoms with E-state index >= 15 is 0 Å². The maximum Gasteiger partial charge on any atom is 0.260 e. The molecule has 154 valence electrons. The van der Waals surface area contributed by atoms with Crippen LogP contribution in [0.5, 0.6) is 0 Å². The van der Waals surface area contributed by atoms with Gasteiger partial charge in [-0.25, -0.2) is 15.0 Å². The number of carbonyl (C=O) groups excluding carboxylic acids is 1. The van der Waals surface area contributed by atoms with Gasteiger partial charge in [-0.1, -0.05) is 13.3 Å². The number of aromatic nitrogens is 4. The molecule has 4 aromatic rings. The van der Waals surface area contributed by atoms with Crippen molar-refractivity contribution < 1.29 is 9.21 Å². The Morgan fingerprint density at radius 1 is 1.23 bits per heavy atom. The number of nitrogens with zero attached hydrogens (tertiary/aromatic N) is 3. The van der Waals surface area contributed by atoms with E-state index < -0.39 is 0 Å². The lowest BCUT2D eigenvalue weighted by Gasteiger charge is -2.11. The molecule has 0 aliphatic carbocycles. The second kappa shape index (κ2) is 8.71. The van der Waals surface area contributed by atoms with Gasteiger partial charge >= 0.3 is 0 Å². The van der Waals surface area contributed by atoms with Crippen LogP contribution in [0, 0.1) is 6.92 Å². The third kappa shape index (κ3) is 4.09. The maximum atomic E-state index is 13.0. The van der Waals surface area contributed by atoms with Gasteiger partial charge in [-0.15, -0.1) is 11.8 Å². The lowest BCUT2D eigenvalue weighted by Crippen LogP contribution is -2.16. The number of hydrogen-bond donors (Lipinski definition) is 2. The summed E-state index contributed by atoms with van der Waals surface area (Å²) in [5, 5.41) is 3.58. The Kier molecular flexibility index (Phi) is 5.85. The quantitative estimate of drug-likeness (QED) is 0.313. The van der Waals surface area contributed by atoms with E-state index in [-0.39, 0.29) is 5.91 Å². The molecule has 2 N–H and O–H groups in total. The molecule has 1 aromatic carbocycles. The molecule has 0 atom stereocenters. The van der Waals surface area contributed by atoms with Crippen LogP contribution in [0.3, 0.4) is 0 Å². The SMILES string of the molecule is CCCCc1nc2ccc(NC(=O)c3c(C)nc(-c4ccco4)nc3SC)cc2[nH]1. The van der Waals surface area contributed by atoms with Gasteiger partial charge in [0.2, 0.25) is 0 Å². The van der Waals surface area contributed by atoms with Crippen LogP contribution in [0.4, 0.5) is 5.69 Å². The number of rotatable bonds is 7. The van der Waals surface area contributed by atoms with Crippen molar-refractivity contribution in [3.8, 4) is 11.6 Å². The number of imidazole rings is 1. The Morgan fingerprint density at radius 3 is 2.83 bits per heavy atom. The highest BCUT2D eigenvalue weighted by Crippen LogP contribution is 2.26. The second-order valence-electron chi connectivity index (χ2n) is 6.97. The number of carbonyl (C=O) groups is 1. The molecule has 0 saturated heterocycles. The minimum Gasteiger partial charge on any atom is -0.461 e. The predicted molar refractivity (Wildman–Crippen MR) is 119 cm³/mol. The monoisotopic (exact) mass is 421 g/mol. The molecule has 0 saturated carbocycles. The van der Waals surface area contributed by atoms with E-state index in [4.69, 9.17) is 4.42 Å². The topological polar surface area (TPSA) is 96.7 Å². The number of unbranched alkanes of at least 4 members (excludes halogenated alkanes) is 1. The lowest BCUT2D eigenvalue weighted by molar-refractivity contribution is 0.102. The predicted octanol–water partition coefficient (Wildman–Crippen LogP) is 5.24. The zero-order chi connectivity index (χ0) is 21.1. The highest BCUT2D eigenvalue weighted by molar-refractivity contribution is 7.98. The fraction of sp³-hybridized carbons (Fsp3) is 0.273. The Balaban J connectivity index is 1.60. The van der Waals surface area contributed by atoms with Gasteiger partial charge in [-0.3, -0.25) is 4.79 Å². The van der Waals surface area contributed by atoms with E-state index in [2.05, 4.69) is 32.2 Å². The first-order valence-electron chi connectivity index (χ1n) is 9.85. The molecule has 7 nitrogen and oxygen atoms in total. The molecule has 30 heavy (non-hydrogen) atoms. The van der Waals surface area contributed by atoms with Gasteiger partial charge in [0.1, 0.15) is 10.9 Å². The van der Waals surface area contributed by atoms with Gasteiger partial charge in [0.15, 0.2) is 11.6 Å². The zero-order valence-corrected chi connectivity index (χ0v) is 18.0. The molecular formula is C22H23N5O2S. The van der Waals surface area contributed by atoms with E-state index in [0.29, 0.717) is 33.6 Å². The number of furan rings is 1. The van der Waals surface area contributed by atoms with Crippen LogP contribution in [-0.4, -0.2) is 32.1 Å². The Morgan fingerprint density at radius 2 is 2.10 bits per heavy atom. The molecule has 4 rings (SSSR count). The van der Waals surface area contributed by atoms with Crippen molar-refractivity contribution in [1.29, 1.82) is 0 Å². The molecular weight excluding hydrogens is 398 g/mol. The largest absolute Gasteiger partial charge is 0.461 e. The Hall–Kier alpha value is -3.13. The van der Waals surface area contributed by atoms with Crippen LogP contribution in [0.15, 0.2) is 46.0 Å². The van der Waals surface area contributed by atoms with E-state index in [1.807, 2.05) is 24.5 Å². The summed E-state index contributed by atoms with van der Waals surface area (Å²) < 4.78 is 5.39. The van der Waals surface area contributed by atoms with Gasteiger partial charge in [-0.2, -0.15) is 0 Å². The van der Waals surface area contributed by atoms with Gasteiger partial charge in [-0.05, 0) is 49.9 Å². The van der Waals surface area contributed by atoms with Gasteiger partial charge < -0.3 is 14.7 Å². The number of nitrogens with one attached hydrogen (secondary N) is 2. The summed E-state index contributed by atoms with van der Waals surface area (Å²) >= 11 is 1.40. The number of aromatic amines is 1. The molecule has 3 aromatic heterocycles. The molecule has 0 aliphatic rings. The highest BCUT2D eigenvalue weighted by Gasteiger charge is 2.20. The van der Waals surface area contributed by atoms with Crippen molar-refractivity contribution >= 4 is 34.4 Å². The maximum absolute atomic E-state index is 13.0. The van der Waals surface area contributed by atoms with Crippen LogP contribution >= 0.6 is 11.8 Å². The first kappa shape index (κ1) is 20.2. The van der Waals surface area contributed by atoms with Crippen molar-refractivity contribution in [3.05, 3.63) is 53.7 Å². The molecule has 8 heteroatoms. The van der Waals surface area contributed by atoms with E-state index in [1.165, 1.54) is 11.8 Å². The summed E-state index contributed by atoms with van der Waals surface area (Å²) in [6, 6.07) is 9.26. The third-order valence-corrected chi connectivity index (χ3v) is 5.46. The average Bonchev–Trinajstić information content (AvgIpc) is 3.40. The van der Waals surface area contributed by atoms with Crippen molar-refractivity contribution in [2.45, 2.75) is 38.1 Å². The Bertz CT molecular complexity index is 1180. The second-order valence-corrected chi connectivity index (χ2v) is 7.76. The minimum absolute atomic E-state index is 0.243.